The van der Waals surface area contributed by atoms with Gasteiger partial charge in [-0.3, -0.25) is 4.90 Å². The molecule has 1 heterocycles. The van der Waals surface area contributed by atoms with E-state index in [1.807, 2.05) is 0 Å². The van der Waals surface area contributed by atoms with Crippen LogP contribution in [0.5, 0.6) is 0 Å². The Bertz CT molecular complexity index is 224. The molecule has 2 fully saturated rings. The van der Waals surface area contributed by atoms with E-state index in [1.165, 1.54) is 19.3 Å². The fourth-order valence-electron chi connectivity index (χ4n) is 3.25. The standard InChI is InChI=1S/C12H24N2O/c1-11(2)3-4-12(9-11,10-13)14-5-7-15-8-6-14/h3-10,13H2,1-2H3. The van der Waals surface area contributed by atoms with Crippen molar-refractivity contribution >= 4 is 0 Å². The van der Waals surface area contributed by atoms with E-state index < -0.39 is 0 Å². The molecule has 0 spiro atoms. The van der Waals surface area contributed by atoms with Crippen LogP contribution >= 0.6 is 0 Å². The van der Waals surface area contributed by atoms with Gasteiger partial charge in [0.2, 0.25) is 0 Å². The average molecular weight is 212 g/mol. The molecule has 3 nitrogen and oxygen atoms in total. The molecule has 15 heavy (non-hydrogen) atoms. The van der Waals surface area contributed by atoms with Crippen molar-refractivity contribution in [1.29, 1.82) is 0 Å². The number of morpholine rings is 1. The topological polar surface area (TPSA) is 38.5 Å². The highest BCUT2D eigenvalue weighted by Crippen LogP contribution is 2.46. The van der Waals surface area contributed by atoms with Crippen molar-refractivity contribution in [3.05, 3.63) is 0 Å². The van der Waals surface area contributed by atoms with Gasteiger partial charge in [-0.25, -0.2) is 0 Å². The Hall–Kier alpha value is -0.120. The Morgan fingerprint density at radius 1 is 1.20 bits per heavy atom. The van der Waals surface area contributed by atoms with Gasteiger partial charge in [0.05, 0.1) is 13.2 Å². The SMILES string of the molecule is CC1(C)CCC(CN)(N2CCOCC2)C1. The van der Waals surface area contributed by atoms with Crippen LogP contribution in [0.25, 0.3) is 0 Å². The molecule has 1 saturated carbocycles. The largest absolute Gasteiger partial charge is 0.379 e. The van der Waals surface area contributed by atoms with E-state index >= 15 is 0 Å². The lowest BCUT2D eigenvalue weighted by molar-refractivity contribution is -0.0207. The summed E-state index contributed by atoms with van der Waals surface area (Å²) >= 11 is 0. The molecule has 1 unspecified atom stereocenters. The minimum absolute atomic E-state index is 0.271. The molecule has 2 aliphatic rings. The van der Waals surface area contributed by atoms with Gasteiger partial charge in [0.15, 0.2) is 0 Å². The van der Waals surface area contributed by atoms with Crippen LogP contribution < -0.4 is 5.73 Å². The molecule has 1 aliphatic carbocycles. The molecule has 1 saturated heterocycles. The number of rotatable bonds is 2. The van der Waals surface area contributed by atoms with Crippen LogP contribution in [-0.4, -0.2) is 43.3 Å². The highest BCUT2D eigenvalue weighted by molar-refractivity contribution is 5.02. The van der Waals surface area contributed by atoms with Gasteiger partial charge >= 0.3 is 0 Å². The summed E-state index contributed by atoms with van der Waals surface area (Å²) in [4.78, 5) is 2.57. The van der Waals surface area contributed by atoms with E-state index in [0.717, 1.165) is 32.8 Å². The first-order valence-electron chi connectivity index (χ1n) is 6.11. The second kappa shape index (κ2) is 4.04. The number of hydrogen-bond donors (Lipinski definition) is 1. The van der Waals surface area contributed by atoms with Crippen LogP contribution in [0.2, 0.25) is 0 Å². The summed E-state index contributed by atoms with van der Waals surface area (Å²) in [6, 6.07) is 0. The molecule has 0 bridgehead atoms. The summed E-state index contributed by atoms with van der Waals surface area (Å²) in [7, 11) is 0. The molecule has 0 radical (unpaired) electrons. The number of nitrogens with zero attached hydrogens (tertiary/aromatic N) is 1. The summed E-state index contributed by atoms with van der Waals surface area (Å²) in [5.74, 6) is 0. The van der Waals surface area contributed by atoms with E-state index in [-0.39, 0.29) is 5.54 Å². The zero-order chi connectivity index (χ0) is 10.9. The molecular formula is C12H24N2O. The van der Waals surface area contributed by atoms with E-state index in [2.05, 4.69) is 18.7 Å². The van der Waals surface area contributed by atoms with Gasteiger partial charge in [0.25, 0.3) is 0 Å². The second-order valence-corrected chi connectivity index (χ2v) is 5.87. The minimum atomic E-state index is 0.271. The third-order valence-electron chi connectivity index (χ3n) is 4.14. The van der Waals surface area contributed by atoms with Crippen LogP contribution in [0.3, 0.4) is 0 Å². The molecule has 0 aromatic carbocycles. The average Bonchev–Trinajstić information content (AvgIpc) is 2.57. The summed E-state index contributed by atoms with van der Waals surface area (Å²) < 4.78 is 5.42. The monoisotopic (exact) mass is 212 g/mol. The zero-order valence-electron chi connectivity index (χ0n) is 10.1. The zero-order valence-corrected chi connectivity index (χ0v) is 10.1. The molecule has 0 amide bonds. The molecule has 0 aromatic rings. The van der Waals surface area contributed by atoms with E-state index in [0.29, 0.717) is 5.41 Å². The molecule has 1 aliphatic heterocycles. The van der Waals surface area contributed by atoms with Gasteiger partial charge < -0.3 is 10.5 Å². The Kier molecular flexibility index (Phi) is 3.06. The summed E-state index contributed by atoms with van der Waals surface area (Å²) in [5, 5.41) is 0. The van der Waals surface area contributed by atoms with Crippen LogP contribution in [0.1, 0.15) is 33.1 Å². The van der Waals surface area contributed by atoms with Crippen molar-refractivity contribution < 1.29 is 4.74 Å². The Balaban J connectivity index is 2.08. The van der Waals surface area contributed by atoms with Crippen LogP contribution in [0.4, 0.5) is 0 Å². The molecule has 88 valence electrons. The molecule has 2 N–H and O–H groups in total. The van der Waals surface area contributed by atoms with Gasteiger partial charge in [-0.2, -0.15) is 0 Å². The Morgan fingerprint density at radius 2 is 1.87 bits per heavy atom. The quantitative estimate of drug-likeness (QED) is 0.748. The fraction of sp³-hybridized carbons (Fsp3) is 1.00. The van der Waals surface area contributed by atoms with E-state index in [9.17, 15) is 0 Å². The first-order chi connectivity index (χ1) is 7.08. The second-order valence-electron chi connectivity index (χ2n) is 5.87. The predicted molar refractivity (Wildman–Crippen MR) is 61.8 cm³/mol. The lowest BCUT2D eigenvalue weighted by Crippen LogP contribution is -2.56. The van der Waals surface area contributed by atoms with Crippen molar-refractivity contribution in [2.75, 3.05) is 32.8 Å². The van der Waals surface area contributed by atoms with Crippen molar-refractivity contribution in [1.82, 2.24) is 4.90 Å². The van der Waals surface area contributed by atoms with Gasteiger partial charge in [-0.1, -0.05) is 13.8 Å². The third-order valence-corrected chi connectivity index (χ3v) is 4.14. The van der Waals surface area contributed by atoms with Crippen LogP contribution in [0.15, 0.2) is 0 Å². The molecule has 1 atom stereocenters. The molecular weight excluding hydrogens is 188 g/mol. The maximum Gasteiger partial charge on any atom is 0.0594 e. The maximum atomic E-state index is 6.04. The summed E-state index contributed by atoms with van der Waals surface area (Å²) in [5.41, 5.74) is 6.78. The maximum absolute atomic E-state index is 6.04. The normalized spacial score (nSPS) is 37.0. The highest BCUT2D eigenvalue weighted by Gasteiger charge is 2.46. The van der Waals surface area contributed by atoms with Gasteiger partial charge in [-0.15, -0.1) is 0 Å². The lowest BCUT2D eigenvalue weighted by Gasteiger charge is -2.43. The fourth-order valence-corrected chi connectivity index (χ4v) is 3.25. The minimum Gasteiger partial charge on any atom is -0.379 e. The van der Waals surface area contributed by atoms with Gasteiger partial charge in [0, 0.05) is 25.2 Å². The number of ether oxygens (including phenoxy) is 1. The van der Waals surface area contributed by atoms with E-state index in [1.54, 1.807) is 0 Å². The van der Waals surface area contributed by atoms with Crippen molar-refractivity contribution in [2.24, 2.45) is 11.1 Å². The first-order valence-corrected chi connectivity index (χ1v) is 6.11. The smallest absolute Gasteiger partial charge is 0.0594 e. The van der Waals surface area contributed by atoms with Crippen LogP contribution in [0, 0.1) is 5.41 Å². The Labute approximate surface area is 93.0 Å². The first kappa shape index (κ1) is 11.4. The molecule has 0 aromatic heterocycles. The highest BCUT2D eigenvalue weighted by atomic mass is 16.5. The van der Waals surface area contributed by atoms with Crippen molar-refractivity contribution in [3.8, 4) is 0 Å². The van der Waals surface area contributed by atoms with E-state index in [4.69, 9.17) is 10.5 Å². The van der Waals surface area contributed by atoms with Gasteiger partial charge in [0.1, 0.15) is 0 Å². The molecule has 2 rings (SSSR count). The Morgan fingerprint density at radius 3 is 2.33 bits per heavy atom. The number of nitrogens with two attached hydrogens (primary N) is 1. The van der Waals surface area contributed by atoms with Crippen molar-refractivity contribution in [2.45, 2.75) is 38.6 Å². The lowest BCUT2D eigenvalue weighted by atomic mass is 9.86. The third kappa shape index (κ3) is 2.19. The van der Waals surface area contributed by atoms with Crippen molar-refractivity contribution in [3.63, 3.8) is 0 Å². The molecule has 3 heteroatoms. The predicted octanol–water partition coefficient (Wildman–Crippen LogP) is 1.23. The van der Waals surface area contributed by atoms with Crippen LogP contribution in [-0.2, 0) is 4.74 Å². The summed E-state index contributed by atoms with van der Waals surface area (Å²) in [6.45, 7) is 9.41. The summed E-state index contributed by atoms with van der Waals surface area (Å²) in [6.07, 6.45) is 3.81. The van der Waals surface area contributed by atoms with Gasteiger partial charge in [-0.05, 0) is 24.7 Å². The number of hydrogen-bond acceptors (Lipinski definition) is 3.